The van der Waals surface area contributed by atoms with Gasteiger partial charge in [-0.1, -0.05) is 12.5 Å². The van der Waals surface area contributed by atoms with Gasteiger partial charge < -0.3 is 5.32 Å². The minimum atomic E-state index is -3.10. The van der Waals surface area contributed by atoms with Crippen molar-refractivity contribution in [2.45, 2.75) is 31.3 Å². The first-order valence-corrected chi connectivity index (χ1v) is 10.2. The van der Waals surface area contributed by atoms with Crippen LogP contribution in [0, 0.1) is 0 Å². The number of carbonyl (C=O) groups excluding carboxylic acids is 1. The molecule has 7 heteroatoms. The number of amides is 1. The summed E-state index contributed by atoms with van der Waals surface area (Å²) in [5, 5.41) is 2.88. The Balaban J connectivity index is 1.65. The maximum Gasteiger partial charge on any atom is 0.244 e. The Morgan fingerprint density at radius 2 is 2.00 bits per heavy atom. The lowest BCUT2D eigenvalue weighted by molar-refractivity contribution is -0.117. The van der Waals surface area contributed by atoms with Gasteiger partial charge in [-0.25, -0.2) is 8.42 Å². The minimum Gasteiger partial charge on any atom is -0.347 e. The number of likely N-dealkylation sites (tertiary alicyclic amines) is 1. The molecular weight excluding hydrogens is 326 g/mol. The van der Waals surface area contributed by atoms with Crippen LogP contribution in [0.3, 0.4) is 0 Å². The Hall–Kier alpha value is -1.73. The van der Waals surface area contributed by atoms with E-state index < -0.39 is 9.84 Å². The smallest absolute Gasteiger partial charge is 0.244 e. The molecule has 2 atom stereocenters. The van der Waals surface area contributed by atoms with Crippen molar-refractivity contribution in [3.8, 4) is 0 Å². The maximum absolute atomic E-state index is 12.2. The summed E-state index contributed by atoms with van der Waals surface area (Å²) in [5.74, 6) is -0.107. The summed E-state index contributed by atoms with van der Waals surface area (Å²) in [7, 11) is -3.10. The molecule has 0 aromatic carbocycles. The van der Waals surface area contributed by atoms with Crippen molar-refractivity contribution in [3.63, 3.8) is 0 Å². The molecule has 130 valence electrons. The molecule has 0 bridgehead atoms. The van der Waals surface area contributed by atoms with Crippen LogP contribution < -0.4 is 5.32 Å². The highest BCUT2D eigenvalue weighted by molar-refractivity contribution is 7.91. The maximum atomic E-state index is 12.2. The van der Waals surface area contributed by atoms with Gasteiger partial charge in [0.15, 0.2) is 9.84 Å². The predicted molar refractivity (Wildman–Crippen MR) is 93.1 cm³/mol. The molecule has 2 aliphatic rings. The van der Waals surface area contributed by atoms with E-state index >= 15 is 0 Å². The molecule has 0 radical (unpaired) electrons. The summed E-state index contributed by atoms with van der Waals surface area (Å²) in [6, 6.07) is 5.02. The lowest BCUT2D eigenvalue weighted by Crippen LogP contribution is -2.52. The summed E-state index contributed by atoms with van der Waals surface area (Å²) in [6.45, 7) is 1.83. The van der Waals surface area contributed by atoms with Crippen molar-refractivity contribution in [1.29, 1.82) is 0 Å². The SMILES string of the molecule is O=C(/C=C\c1ccccn1)N[C@@H]1CS(=O)(=O)C[C@@H]1N1CCCCC1. The molecular formula is C17H23N3O3S. The zero-order valence-electron chi connectivity index (χ0n) is 13.6. The van der Waals surface area contributed by atoms with Gasteiger partial charge in [-0.2, -0.15) is 0 Å². The molecule has 0 saturated carbocycles. The summed E-state index contributed by atoms with van der Waals surface area (Å²) >= 11 is 0. The normalized spacial score (nSPS) is 27.3. The summed E-state index contributed by atoms with van der Waals surface area (Å²) < 4.78 is 24.1. The van der Waals surface area contributed by atoms with E-state index in [9.17, 15) is 13.2 Å². The lowest BCUT2D eigenvalue weighted by Gasteiger charge is -2.34. The monoisotopic (exact) mass is 349 g/mol. The third-order valence-electron chi connectivity index (χ3n) is 4.60. The van der Waals surface area contributed by atoms with Crippen LogP contribution in [0.4, 0.5) is 0 Å². The van der Waals surface area contributed by atoms with Gasteiger partial charge in [0.1, 0.15) is 0 Å². The highest BCUT2D eigenvalue weighted by Gasteiger charge is 2.41. The van der Waals surface area contributed by atoms with E-state index in [1.54, 1.807) is 18.3 Å². The third kappa shape index (κ3) is 4.42. The molecule has 3 heterocycles. The molecule has 2 aliphatic heterocycles. The van der Waals surface area contributed by atoms with Crippen molar-refractivity contribution < 1.29 is 13.2 Å². The van der Waals surface area contributed by atoms with Gasteiger partial charge in [0.2, 0.25) is 5.91 Å². The second kappa shape index (κ2) is 7.44. The topological polar surface area (TPSA) is 79.4 Å². The molecule has 3 rings (SSSR count). The first-order chi connectivity index (χ1) is 11.5. The molecule has 0 spiro atoms. The van der Waals surface area contributed by atoms with Gasteiger partial charge in [0.25, 0.3) is 0 Å². The zero-order chi connectivity index (χ0) is 17.0. The Bertz CT molecular complexity index is 697. The number of sulfone groups is 1. The molecule has 2 fully saturated rings. The Morgan fingerprint density at radius 3 is 2.71 bits per heavy atom. The van der Waals surface area contributed by atoms with Crippen molar-refractivity contribution in [2.24, 2.45) is 0 Å². The van der Waals surface area contributed by atoms with E-state index in [4.69, 9.17) is 0 Å². The molecule has 1 N–H and O–H groups in total. The highest BCUT2D eigenvalue weighted by atomic mass is 32.2. The summed E-state index contributed by atoms with van der Waals surface area (Å²) in [4.78, 5) is 18.5. The molecule has 24 heavy (non-hydrogen) atoms. The minimum absolute atomic E-state index is 0.0251. The first kappa shape index (κ1) is 17.1. The summed E-state index contributed by atoms with van der Waals surface area (Å²) in [5.41, 5.74) is 0.694. The fraction of sp³-hybridized carbons (Fsp3) is 0.529. The fourth-order valence-electron chi connectivity index (χ4n) is 3.44. The number of hydrogen-bond acceptors (Lipinski definition) is 5. The molecule has 1 aromatic heterocycles. The lowest BCUT2D eigenvalue weighted by atomic mass is 10.0. The fourth-order valence-corrected chi connectivity index (χ4v) is 5.40. The van der Waals surface area contributed by atoms with E-state index in [1.807, 2.05) is 12.1 Å². The number of pyridine rings is 1. The number of carbonyl (C=O) groups is 1. The van der Waals surface area contributed by atoms with Crippen LogP contribution >= 0.6 is 0 Å². The van der Waals surface area contributed by atoms with Gasteiger partial charge >= 0.3 is 0 Å². The van der Waals surface area contributed by atoms with E-state index in [-0.39, 0.29) is 29.5 Å². The zero-order valence-corrected chi connectivity index (χ0v) is 14.4. The predicted octanol–water partition coefficient (Wildman–Crippen LogP) is 0.862. The average molecular weight is 349 g/mol. The van der Waals surface area contributed by atoms with E-state index in [0.29, 0.717) is 5.69 Å². The van der Waals surface area contributed by atoms with Crippen LogP contribution in [-0.4, -0.2) is 60.9 Å². The number of rotatable bonds is 4. The Kier molecular flexibility index (Phi) is 5.30. The van der Waals surface area contributed by atoms with Crippen molar-refractivity contribution in [1.82, 2.24) is 15.2 Å². The third-order valence-corrected chi connectivity index (χ3v) is 6.32. The van der Waals surface area contributed by atoms with Crippen LogP contribution in [0.5, 0.6) is 0 Å². The van der Waals surface area contributed by atoms with E-state index in [2.05, 4.69) is 15.2 Å². The second-order valence-corrected chi connectivity index (χ2v) is 8.60. The van der Waals surface area contributed by atoms with Crippen LogP contribution in [0.15, 0.2) is 30.5 Å². The number of hydrogen-bond donors (Lipinski definition) is 1. The standard InChI is InChI=1S/C17H23N3O3S/c21-17(8-7-14-6-2-3-9-18-14)19-15-12-24(22,23)13-16(15)20-10-4-1-5-11-20/h2-3,6-9,15-16H,1,4-5,10-13H2,(H,19,21)/b8-7-/t15-,16+/m1/s1. The van der Waals surface area contributed by atoms with Gasteiger partial charge in [-0.3, -0.25) is 14.7 Å². The Morgan fingerprint density at radius 1 is 1.21 bits per heavy atom. The van der Waals surface area contributed by atoms with Crippen LogP contribution in [0.1, 0.15) is 25.0 Å². The van der Waals surface area contributed by atoms with Crippen molar-refractivity contribution in [2.75, 3.05) is 24.6 Å². The molecule has 2 saturated heterocycles. The Labute approximate surface area is 142 Å². The summed E-state index contributed by atoms with van der Waals surface area (Å²) in [6.07, 6.45) is 8.09. The molecule has 1 amide bonds. The number of aromatic nitrogens is 1. The van der Waals surface area contributed by atoms with Crippen LogP contribution in [-0.2, 0) is 14.6 Å². The van der Waals surface area contributed by atoms with E-state index in [1.165, 1.54) is 12.5 Å². The molecule has 1 aromatic rings. The van der Waals surface area contributed by atoms with Crippen LogP contribution in [0.25, 0.3) is 6.08 Å². The van der Waals surface area contributed by atoms with Gasteiger partial charge in [0, 0.05) is 18.3 Å². The second-order valence-electron chi connectivity index (χ2n) is 6.44. The largest absolute Gasteiger partial charge is 0.347 e. The van der Waals surface area contributed by atoms with E-state index in [0.717, 1.165) is 25.9 Å². The quantitative estimate of drug-likeness (QED) is 0.816. The average Bonchev–Trinajstić information content (AvgIpc) is 2.89. The number of piperidine rings is 1. The highest BCUT2D eigenvalue weighted by Crippen LogP contribution is 2.22. The number of nitrogens with zero attached hydrogens (tertiary/aromatic N) is 2. The van der Waals surface area contributed by atoms with Crippen LogP contribution in [0.2, 0.25) is 0 Å². The number of nitrogens with one attached hydrogen (secondary N) is 1. The van der Waals surface area contributed by atoms with Crippen molar-refractivity contribution >= 4 is 21.8 Å². The van der Waals surface area contributed by atoms with Gasteiger partial charge in [0.05, 0.1) is 23.2 Å². The molecule has 0 aliphatic carbocycles. The molecule has 0 unspecified atom stereocenters. The van der Waals surface area contributed by atoms with Crippen molar-refractivity contribution in [3.05, 3.63) is 36.2 Å². The van der Waals surface area contributed by atoms with Gasteiger partial charge in [-0.05, 0) is 44.1 Å². The van der Waals surface area contributed by atoms with Gasteiger partial charge in [-0.15, -0.1) is 0 Å². The first-order valence-electron chi connectivity index (χ1n) is 8.38. The molecule has 6 nitrogen and oxygen atoms in total.